The number of amidine groups is 1. The van der Waals surface area contributed by atoms with Gasteiger partial charge < -0.3 is 15.8 Å². The fourth-order valence-electron chi connectivity index (χ4n) is 1.51. The van der Waals surface area contributed by atoms with Crippen LogP contribution in [0.25, 0.3) is 0 Å². The van der Waals surface area contributed by atoms with Crippen molar-refractivity contribution in [3.8, 4) is 5.75 Å². The van der Waals surface area contributed by atoms with Gasteiger partial charge in [-0.15, -0.1) is 0 Å². The molecule has 0 unspecified atom stereocenters. The third kappa shape index (κ3) is 3.44. The van der Waals surface area contributed by atoms with Gasteiger partial charge in [0.25, 0.3) is 5.91 Å². The molecule has 100 valence electrons. The zero-order chi connectivity index (χ0) is 13.8. The number of hydrazone groups is 1. The van der Waals surface area contributed by atoms with Gasteiger partial charge in [0.2, 0.25) is 5.91 Å². The number of nitrogens with one attached hydrogen (secondary N) is 1. The van der Waals surface area contributed by atoms with E-state index in [-0.39, 0.29) is 24.8 Å². The molecule has 2 rings (SSSR count). The Bertz CT molecular complexity index is 524. The molecule has 1 heterocycles. The lowest BCUT2D eigenvalue weighted by molar-refractivity contribution is -0.127. The zero-order valence-corrected chi connectivity index (χ0v) is 10.4. The Hall–Kier alpha value is -2.57. The summed E-state index contributed by atoms with van der Waals surface area (Å²) in [4.78, 5) is 22.8. The molecule has 19 heavy (non-hydrogen) atoms. The molecule has 0 spiro atoms. The minimum Gasteiger partial charge on any atom is -0.484 e. The van der Waals surface area contributed by atoms with Gasteiger partial charge in [-0.05, 0) is 24.3 Å². The van der Waals surface area contributed by atoms with Gasteiger partial charge in [0, 0.05) is 12.7 Å². The monoisotopic (exact) mass is 262 g/mol. The van der Waals surface area contributed by atoms with Crippen molar-refractivity contribution in [1.29, 1.82) is 0 Å². The number of hydrogen-bond acceptors (Lipinski definition) is 5. The van der Waals surface area contributed by atoms with Crippen LogP contribution >= 0.6 is 0 Å². The quantitative estimate of drug-likeness (QED) is 0.746. The van der Waals surface area contributed by atoms with Gasteiger partial charge in [-0.1, -0.05) is 0 Å². The van der Waals surface area contributed by atoms with Gasteiger partial charge in [-0.2, -0.15) is 5.10 Å². The summed E-state index contributed by atoms with van der Waals surface area (Å²) in [6, 6.07) is 6.71. The number of nitrogen functional groups attached to an aromatic ring is 1. The number of nitrogens with two attached hydrogens (primary N) is 1. The van der Waals surface area contributed by atoms with Crippen LogP contribution in [0, 0.1) is 0 Å². The molecule has 0 saturated carbocycles. The van der Waals surface area contributed by atoms with Crippen LogP contribution in [0.15, 0.2) is 29.4 Å². The predicted octanol–water partition coefficient (Wildman–Crippen LogP) is -0.0606. The Morgan fingerprint density at radius 1 is 1.47 bits per heavy atom. The Labute approximate surface area is 110 Å². The molecule has 0 fully saturated rings. The highest BCUT2D eigenvalue weighted by Crippen LogP contribution is 2.12. The Balaban J connectivity index is 1.81. The third-order valence-electron chi connectivity index (χ3n) is 2.48. The first-order valence-corrected chi connectivity index (χ1v) is 5.67. The van der Waals surface area contributed by atoms with Crippen LogP contribution in [0.5, 0.6) is 5.75 Å². The normalized spacial score (nSPS) is 14.3. The van der Waals surface area contributed by atoms with Crippen molar-refractivity contribution >= 4 is 23.3 Å². The van der Waals surface area contributed by atoms with E-state index in [9.17, 15) is 9.59 Å². The van der Waals surface area contributed by atoms with Crippen LogP contribution in [-0.4, -0.2) is 36.3 Å². The van der Waals surface area contributed by atoms with Crippen molar-refractivity contribution in [2.24, 2.45) is 5.10 Å². The van der Waals surface area contributed by atoms with E-state index in [1.54, 1.807) is 24.3 Å². The van der Waals surface area contributed by atoms with Crippen molar-refractivity contribution in [1.82, 2.24) is 10.3 Å². The molecule has 7 nitrogen and oxygen atoms in total. The fraction of sp³-hybridized carbons (Fsp3) is 0.250. The minimum absolute atomic E-state index is 0.101. The minimum atomic E-state index is -0.362. The molecule has 7 heteroatoms. The van der Waals surface area contributed by atoms with Crippen LogP contribution in [0.2, 0.25) is 0 Å². The van der Waals surface area contributed by atoms with Gasteiger partial charge in [-0.3, -0.25) is 9.59 Å². The highest BCUT2D eigenvalue weighted by atomic mass is 16.5. The Morgan fingerprint density at radius 3 is 2.74 bits per heavy atom. The highest BCUT2D eigenvalue weighted by molar-refractivity contribution is 6.09. The molecule has 0 aromatic heterocycles. The van der Waals surface area contributed by atoms with E-state index in [2.05, 4.69) is 10.4 Å². The first kappa shape index (κ1) is 12.9. The molecule has 1 aromatic rings. The number of benzene rings is 1. The number of ether oxygens (including phenoxy) is 1. The van der Waals surface area contributed by atoms with Gasteiger partial charge >= 0.3 is 0 Å². The second-order valence-corrected chi connectivity index (χ2v) is 4.05. The lowest BCUT2D eigenvalue weighted by atomic mass is 10.3. The second-order valence-electron chi connectivity index (χ2n) is 4.05. The molecular weight excluding hydrogens is 248 g/mol. The topological polar surface area (TPSA) is 97.0 Å². The maximum Gasteiger partial charge on any atom is 0.263 e. The van der Waals surface area contributed by atoms with E-state index < -0.39 is 0 Å². The van der Waals surface area contributed by atoms with E-state index in [1.165, 1.54) is 12.1 Å². The molecule has 0 radical (unpaired) electrons. The van der Waals surface area contributed by atoms with Crippen LogP contribution in [0.3, 0.4) is 0 Å². The summed E-state index contributed by atoms with van der Waals surface area (Å²) in [6.45, 7) is -0.152. The van der Waals surface area contributed by atoms with Crippen molar-refractivity contribution in [2.75, 3.05) is 19.4 Å². The second kappa shape index (κ2) is 5.38. The number of carbonyl (C=O) groups excluding carboxylic acids is 2. The molecule has 3 N–H and O–H groups in total. The average Bonchev–Trinajstić information content (AvgIpc) is 2.67. The van der Waals surface area contributed by atoms with Crippen LogP contribution in [-0.2, 0) is 9.59 Å². The number of anilines is 1. The summed E-state index contributed by atoms with van der Waals surface area (Å²) in [7, 11) is 1.53. The summed E-state index contributed by atoms with van der Waals surface area (Å²) in [5.74, 6) is 0.359. The lowest BCUT2D eigenvalue weighted by Gasteiger charge is -2.06. The van der Waals surface area contributed by atoms with Gasteiger partial charge in [0.05, 0.1) is 6.42 Å². The van der Waals surface area contributed by atoms with Crippen molar-refractivity contribution in [3.63, 3.8) is 0 Å². The predicted molar refractivity (Wildman–Crippen MR) is 69.3 cm³/mol. The van der Waals surface area contributed by atoms with E-state index >= 15 is 0 Å². The number of nitrogens with zero attached hydrogens (tertiary/aromatic N) is 2. The van der Waals surface area contributed by atoms with Crippen LogP contribution in [0.1, 0.15) is 6.42 Å². The van der Waals surface area contributed by atoms with Crippen LogP contribution in [0.4, 0.5) is 5.69 Å². The van der Waals surface area contributed by atoms with E-state index in [1.807, 2.05) is 0 Å². The maximum absolute atomic E-state index is 11.6. The first-order valence-electron chi connectivity index (χ1n) is 5.67. The van der Waals surface area contributed by atoms with E-state index in [0.29, 0.717) is 17.3 Å². The number of hydrogen-bond donors (Lipinski definition) is 2. The van der Waals surface area contributed by atoms with Gasteiger partial charge in [0.1, 0.15) is 11.6 Å². The molecule has 2 amide bonds. The molecule has 0 saturated heterocycles. The van der Waals surface area contributed by atoms with Gasteiger partial charge in [-0.25, -0.2) is 5.01 Å². The first-order chi connectivity index (χ1) is 9.04. The fourth-order valence-corrected chi connectivity index (χ4v) is 1.51. The van der Waals surface area contributed by atoms with Crippen molar-refractivity contribution in [3.05, 3.63) is 24.3 Å². The van der Waals surface area contributed by atoms with Gasteiger partial charge in [0.15, 0.2) is 6.61 Å². The smallest absolute Gasteiger partial charge is 0.263 e. The van der Waals surface area contributed by atoms with E-state index in [4.69, 9.17) is 10.5 Å². The third-order valence-corrected chi connectivity index (χ3v) is 2.48. The zero-order valence-electron chi connectivity index (χ0n) is 10.4. The summed E-state index contributed by atoms with van der Waals surface area (Å²) in [5.41, 5.74) is 6.15. The molecule has 0 atom stereocenters. The van der Waals surface area contributed by atoms with E-state index in [0.717, 1.165) is 0 Å². The lowest BCUT2D eigenvalue weighted by Crippen LogP contribution is -2.33. The summed E-state index contributed by atoms with van der Waals surface area (Å²) >= 11 is 0. The largest absolute Gasteiger partial charge is 0.484 e. The number of carbonyl (C=O) groups is 2. The number of amides is 2. The molecule has 1 aliphatic rings. The van der Waals surface area contributed by atoms with Crippen LogP contribution < -0.4 is 15.8 Å². The summed E-state index contributed by atoms with van der Waals surface area (Å²) < 4.78 is 5.27. The summed E-state index contributed by atoms with van der Waals surface area (Å²) in [6.07, 6.45) is 0.101. The highest BCUT2D eigenvalue weighted by Gasteiger charge is 2.21. The average molecular weight is 262 g/mol. The molecule has 1 aliphatic heterocycles. The Morgan fingerprint density at radius 2 is 2.16 bits per heavy atom. The number of rotatable bonds is 3. The maximum atomic E-state index is 11.6. The molecule has 0 aliphatic carbocycles. The molecule has 0 bridgehead atoms. The SMILES string of the molecule is CN1N=C(NC(=O)COc2ccc(N)cc2)CC1=O. The molecular formula is C12H14N4O3. The standard InChI is InChI=1S/C12H14N4O3/c1-16-12(18)6-10(15-16)14-11(17)7-19-9-4-2-8(13)3-5-9/h2-5H,6-7,13H2,1H3,(H,14,15,17). The molecule has 1 aromatic carbocycles. The van der Waals surface area contributed by atoms with Crippen molar-refractivity contribution < 1.29 is 14.3 Å². The van der Waals surface area contributed by atoms with Crippen molar-refractivity contribution in [2.45, 2.75) is 6.42 Å². The Kier molecular flexibility index (Phi) is 3.65. The summed E-state index contributed by atoms with van der Waals surface area (Å²) in [5, 5.41) is 7.58.